The lowest BCUT2D eigenvalue weighted by atomic mass is 10.3. The fraction of sp³-hybridized carbons (Fsp3) is 0.714. The van der Waals surface area contributed by atoms with Gasteiger partial charge in [-0.05, 0) is 33.5 Å². The van der Waals surface area contributed by atoms with Gasteiger partial charge in [-0.2, -0.15) is 5.10 Å². The van der Waals surface area contributed by atoms with E-state index in [2.05, 4.69) is 30.8 Å². The number of rotatable bonds is 6. The molecule has 1 heterocycles. The number of nitrogen functional groups attached to an aromatic ring is 1. The molecule has 1 aromatic heterocycles. The molecule has 0 aliphatic carbocycles. The molecule has 0 aliphatic heterocycles. The van der Waals surface area contributed by atoms with Crippen LogP contribution < -0.4 is 5.73 Å². The average Bonchev–Trinajstić information content (AvgIpc) is 2.83. The van der Waals surface area contributed by atoms with Crippen LogP contribution in [0.3, 0.4) is 0 Å². The molecule has 0 bridgehead atoms. The van der Waals surface area contributed by atoms with Gasteiger partial charge in [0.15, 0.2) is 0 Å². The summed E-state index contributed by atoms with van der Waals surface area (Å²) in [4.78, 5) is 13.6. The fourth-order valence-electron chi connectivity index (χ4n) is 1.68. The molecule has 0 unspecified atom stereocenters. The summed E-state index contributed by atoms with van der Waals surface area (Å²) in [5.41, 5.74) is 5.98. The van der Waals surface area contributed by atoms with E-state index < -0.39 is 5.97 Å². The van der Waals surface area contributed by atoms with Gasteiger partial charge in [0.2, 0.25) is 0 Å². The molecule has 0 aromatic carbocycles. The van der Waals surface area contributed by atoms with Crippen molar-refractivity contribution in [2.24, 2.45) is 0 Å². The lowest BCUT2D eigenvalue weighted by Gasteiger charge is -2.13. The molecule has 0 spiro atoms. The molecule has 20 heavy (non-hydrogen) atoms. The first-order valence-corrected chi connectivity index (χ1v) is 7.26. The summed E-state index contributed by atoms with van der Waals surface area (Å²) < 4.78 is 6.34. The number of aromatic nitrogens is 2. The Bertz CT molecular complexity index is 381. The molecule has 2 N–H and O–H groups in total. The number of carbonyl (C=O) groups is 1. The van der Waals surface area contributed by atoms with Crippen LogP contribution >= 0.6 is 0 Å². The minimum atomic E-state index is -0.417. The quantitative estimate of drug-likeness (QED) is 0.809. The van der Waals surface area contributed by atoms with E-state index in [1.165, 1.54) is 25.8 Å². The van der Waals surface area contributed by atoms with Crippen molar-refractivity contribution in [1.29, 1.82) is 0 Å². The lowest BCUT2D eigenvalue weighted by Crippen LogP contribution is -2.21. The van der Waals surface area contributed by atoms with Crippen molar-refractivity contribution in [3.05, 3.63) is 11.8 Å². The first-order valence-electron chi connectivity index (χ1n) is 7.26. The van der Waals surface area contributed by atoms with Gasteiger partial charge >= 0.3 is 5.97 Å². The number of anilines is 1. The van der Waals surface area contributed by atoms with E-state index in [1.54, 1.807) is 11.6 Å². The third kappa shape index (κ3) is 5.61. The Balaban J connectivity index is 0.000000441. The number of carbonyl (C=O) groups excluding carboxylic acids is 1. The van der Waals surface area contributed by atoms with Crippen LogP contribution in [0.1, 0.15) is 45.0 Å². The van der Waals surface area contributed by atoms with Crippen LogP contribution in [-0.4, -0.2) is 46.9 Å². The Kier molecular flexibility index (Phi) is 9.45. The van der Waals surface area contributed by atoms with Gasteiger partial charge in [-0.1, -0.05) is 20.8 Å². The van der Waals surface area contributed by atoms with Crippen molar-refractivity contribution < 1.29 is 9.53 Å². The van der Waals surface area contributed by atoms with E-state index in [-0.39, 0.29) is 0 Å². The maximum absolute atomic E-state index is 11.2. The van der Waals surface area contributed by atoms with Crippen LogP contribution in [0.2, 0.25) is 0 Å². The van der Waals surface area contributed by atoms with Gasteiger partial charge in [-0.15, -0.1) is 0 Å². The highest BCUT2D eigenvalue weighted by molar-refractivity contribution is 5.93. The third-order valence-corrected chi connectivity index (χ3v) is 3.02. The summed E-state index contributed by atoms with van der Waals surface area (Å²) in [6.45, 7) is 14.8. The van der Waals surface area contributed by atoms with Crippen LogP contribution in [0.4, 0.5) is 5.82 Å². The van der Waals surface area contributed by atoms with Crippen molar-refractivity contribution >= 4 is 11.8 Å². The van der Waals surface area contributed by atoms with Gasteiger partial charge in [-0.25, -0.2) is 9.48 Å². The van der Waals surface area contributed by atoms with Crippen LogP contribution in [-0.2, 0) is 11.3 Å². The molecule has 0 amide bonds. The van der Waals surface area contributed by atoms with E-state index >= 15 is 0 Å². The summed E-state index contributed by atoms with van der Waals surface area (Å²) in [7, 11) is 0. The molecule has 116 valence electrons. The van der Waals surface area contributed by atoms with Gasteiger partial charge < -0.3 is 15.4 Å². The summed E-state index contributed by atoms with van der Waals surface area (Å²) in [5.74, 6) is -0.0550. The number of nitrogens with two attached hydrogens (primary N) is 1. The summed E-state index contributed by atoms with van der Waals surface area (Å²) in [6, 6.07) is 0. The van der Waals surface area contributed by atoms with Gasteiger partial charge in [-0.3, -0.25) is 0 Å². The highest BCUT2D eigenvalue weighted by atomic mass is 16.5. The topological polar surface area (TPSA) is 73.4 Å². The highest BCUT2D eigenvalue weighted by Crippen LogP contribution is 2.11. The zero-order valence-corrected chi connectivity index (χ0v) is 13.3. The first kappa shape index (κ1) is 18.4. The number of aryl methyl sites for hydroxylation is 1. The largest absolute Gasteiger partial charge is 0.462 e. The lowest BCUT2D eigenvalue weighted by molar-refractivity contribution is 0.0527. The Morgan fingerprint density at radius 1 is 1.25 bits per heavy atom. The summed E-state index contributed by atoms with van der Waals surface area (Å²) in [5, 5.41) is 3.93. The minimum absolute atomic E-state index is 0.337. The SMILES string of the molecule is CCN(CC)CC.CCOC(=O)c1cnn(CC)c1N. The Morgan fingerprint density at radius 2 is 1.80 bits per heavy atom. The number of ether oxygens (including phenoxy) is 1. The zero-order chi connectivity index (χ0) is 15.5. The fourth-order valence-corrected chi connectivity index (χ4v) is 1.68. The normalized spacial score (nSPS) is 10.1. The Labute approximate surface area is 121 Å². The van der Waals surface area contributed by atoms with E-state index in [0.29, 0.717) is 24.5 Å². The number of esters is 1. The minimum Gasteiger partial charge on any atom is -0.462 e. The van der Waals surface area contributed by atoms with Gasteiger partial charge in [0, 0.05) is 6.54 Å². The predicted octanol–water partition coefficient (Wildman–Crippen LogP) is 2.01. The van der Waals surface area contributed by atoms with E-state index in [9.17, 15) is 4.79 Å². The van der Waals surface area contributed by atoms with Crippen LogP contribution in [0.15, 0.2) is 6.20 Å². The molecule has 0 saturated carbocycles. The Morgan fingerprint density at radius 3 is 2.10 bits per heavy atom. The monoisotopic (exact) mass is 284 g/mol. The second kappa shape index (κ2) is 10.3. The van der Waals surface area contributed by atoms with Crippen LogP contribution in [0.25, 0.3) is 0 Å². The predicted molar refractivity (Wildman–Crippen MR) is 81.7 cm³/mol. The molecule has 1 aromatic rings. The number of hydrogen-bond acceptors (Lipinski definition) is 5. The molecule has 0 radical (unpaired) electrons. The van der Waals surface area contributed by atoms with Gasteiger partial charge in [0.25, 0.3) is 0 Å². The number of nitrogens with zero attached hydrogens (tertiary/aromatic N) is 3. The van der Waals surface area contributed by atoms with Crippen molar-refractivity contribution in [2.45, 2.75) is 41.2 Å². The zero-order valence-electron chi connectivity index (χ0n) is 13.3. The highest BCUT2D eigenvalue weighted by Gasteiger charge is 2.14. The van der Waals surface area contributed by atoms with Crippen LogP contribution in [0.5, 0.6) is 0 Å². The van der Waals surface area contributed by atoms with Crippen LogP contribution in [0, 0.1) is 0 Å². The van der Waals surface area contributed by atoms with Crippen molar-refractivity contribution in [3.63, 3.8) is 0 Å². The van der Waals surface area contributed by atoms with Gasteiger partial charge in [0.1, 0.15) is 11.4 Å². The Hall–Kier alpha value is -1.56. The standard InChI is InChI=1S/C8H13N3O2.C6H15N/c1-3-11-7(9)6(5-10-11)8(12)13-4-2;1-4-7(5-2)6-3/h5H,3-4,9H2,1-2H3;4-6H2,1-3H3. The van der Waals surface area contributed by atoms with Crippen molar-refractivity contribution in [3.8, 4) is 0 Å². The second-order valence-corrected chi connectivity index (χ2v) is 4.10. The van der Waals surface area contributed by atoms with Crippen molar-refractivity contribution in [2.75, 3.05) is 32.0 Å². The summed E-state index contributed by atoms with van der Waals surface area (Å²) >= 11 is 0. The first-order chi connectivity index (χ1) is 9.55. The molecule has 0 aliphatic rings. The average molecular weight is 284 g/mol. The number of hydrogen-bond donors (Lipinski definition) is 1. The maximum atomic E-state index is 11.2. The molecule has 0 fully saturated rings. The maximum Gasteiger partial charge on any atom is 0.343 e. The molecule has 6 nitrogen and oxygen atoms in total. The summed E-state index contributed by atoms with van der Waals surface area (Å²) in [6.07, 6.45) is 1.43. The van der Waals surface area contributed by atoms with E-state index in [1.807, 2.05) is 6.92 Å². The van der Waals surface area contributed by atoms with E-state index in [0.717, 1.165) is 0 Å². The van der Waals surface area contributed by atoms with E-state index in [4.69, 9.17) is 10.5 Å². The molecule has 0 atom stereocenters. The smallest absolute Gasteiger partial charge is 0.343 e. The van der Waals surface area contributed by atoms with Crippen molar-refractivity contribution in [1.82, 2.24) is 14.7 Å². The second-order valence-electron chi connectivity index (χ2n) is 4.10. The molecule has 1 rings (SSSR count). The third-order valence-electron chi connectivity index (χ3n) is 3.02. The molecule has 6 heteroatoms. The molecular formula is C14H28N4O2. The molecule has 0 saturated heterocycles. The molecular weight excluding hydrogens is 256 g/mol. The van der Waals surface area contributed by atoms with Gasteiger partial charge in [0.05, 0.1) is 12.8 Å².